The van der Waals surface area contributed by atoms with Crippen LogP contribution in [0.2, 0.25) is 5.02 Å². The minimum Gasteiger partial charge on any atom is -0.483 e. The van der Waals surface area contributed by atoms with Crippen LogP contribution in [0.5, 0.6) is 5.75 Å². The van der Waals surface area contributed by atoms with E-state index in [1.54, 1.807) is 6.07 Å². The molecule has 0 aliphatic carbocycles. The van der Waals surface area contributed by atoms with Crippen LogP contribution in [0, 0.1) is 0 Å². The Balaban J connectivity index is 1.92. The number of ether oxygens (including phenoxy) is 1. The van der Waals surface area contributed by atoms with Crippen LogP contribution >= 0.6 is 11.6 Å². The Bertz CT molecular complexity index is 736. The Hall–Kier alpha value is -2.33. The zero-order chi connectivity index (χ0) is 17.6. The highest BCUT2D eigenvalue weighted by molar-refractivity contribution is 6.33. The first kappa shape index (κ1) is 18.0. The number of hydrogen-bond acceptors (Lipinski definition) is 3. The predicted octanol–water partition coefficient (Wildman–Crippen LogP) is 4.17. The van der Waals surface area contributed by atoms with Gasteiger partial charge in [-0.25, -0.2) is 5.43 Å². The van der Waals surface area contributed by atoms with Crippen LogP contribution in [0.25, 0.3) is 0 Å². The van der Waals surface area contributed by atoms with Gasteiger partial charge < -0.3 is 4.74 Å². The first-order chi connectivity index (χ1) is 11.4. The molecule has 0 radical (unpaired) electrons. The molecule has 1 amide bonds. The number of rotatable bonds is 5. The Labute approximate surface area is 147 Å². The second-order valence-electron chi connectivity index (χ2n) is 6.35. The molecule has 0 atom stereocenters. The third kappa shape index (κ3) is 5.10. The fraction of sp³-hybridized carbons (Fsp3) is 0.263. The maximum atomic E-state index is 11.9. The van der Waals surface area contributed by atoms with Crippen LogP contribution < -0.4 is 10.2 Å². The van der Waals surface area contributed by atoms with E-state index >= 15 is 0 Å². The zero-order valence-corrected chi connectivity index (χ0v) is 14.8. The van der Waals surface area contributed by atoms with Gasteiger partial charge in [-0.1, -0.05) is 68.8 Å². The van der Waals surface area contributed by atoms with Crippen molar-refractivity contribution >= 4 is 23.7 Å². The van der Waals surface area contributed by atoms with E-state index in [4.69, 9.17) is 16.3 Å². The molecule has 24 heavy (non-hydrogen) atoms. The molecule has 4 nitrogen and oxygen atoms in total. The van der Waals surface area contributed by atoms with Gasteiger partial charge in [0.05, 0.1) is 6.21 Å². The number of nitrogens with one attached hydrogen (secondary N) is 1. The lowest BCUT2D eigenvalue weighted by Gasteiger charge is -2.22. The van der Waals surface area contributed by atoms with Gasteiger partial charge in [0.15, 0.2) is 6.61 Å². The van der Waals surface area contributed by atoms with Crippen LogP contribution in [-0.4, -0.2) is 18.7 Å². The van der Waals surface area contributed by atoms with E-state index in [0.717, 1.165) is 11.1 Å². The van der Waals surface area contributed by atoms with Gasteiger partial charge in [0.2, 0.25) is 0 Å². The number of para-hydroxylation sites is 1. The van der Waals surface area contributed by atoms with E-state index < -0.39 is 0 Å². The summed E-state index contributed by atoms with van der Waals surface area (Å²) in [5, 5.41) is 4.47. The average molecular weight is 345 g/mol. The molecule has 0 aliphatic rings. The molecule has 0 aromatic heterocycles. The number of halogens is 1. The summed E-state index contributed by atoms with van der Waals surface area (Å²) in [6.07, 6.45) is 1.50. The van der Waals surface area contributed by atoms with Crippen LogP contribution in [0.15, 0.2) is 53.6 Å². The third-order valence-electron chi connectivity index (χ3n) is 3.35. The van der Waals surface area contributed by atoms with Crippen molar-refractivity contribution < 1.29 is 9.53 Å². The molecule has 0 heterocycles. The molecule has 2 aromatic carbocycles. The lowest BCUT2D eigenvalue weighted by Crippen LogP contribution is -2.25. The number of carbonyl (C=O) groups is 1. The summed E-state index contributed by atoms with van der Waals surface area (Å²) in [6, 6.07) is 15.0. The molecule has 5 heteroatoms. The van der Waals surface area contributed by atoms with Crippen molar-refractivity contribution in [3.8, 4) is 5.75 Å². The molecule has 0 unspecified atom stereocenters. The number of amides is 1. The summed E-state index contributed by atoms with van der Waals surface area (Å²) in [4.78, 5) is 11.9. The van der Waals surface area contributed by atoms with Gasteiger partial charge in [0.25, 0.3) is 5.91 Å². The maximum Gasteiger partial charge on any atom is 0.277 e. The summed E-state index contributed by atoms with van der Waals surface area (Å²) >= 11 is 6.01. The molecule has 2 aromatic rings. The minimum atomic E-state index is -0.331. The van der Waals surface area contributed by atoms with Gasteiger partial charge >= 0.3 is 0 Å². The Morgan fingerprint density at radius 3 is 2.54 bits per heavy atom. The quantitative estimate of drug-likeness (QED) is 0.653. The number of hydrogen-bond donors (Lipinski definition) is 1. The molecule has 0 bridgehead atoms. The van der Waals surface area contributed by atoms with Crippen LogP contribution in [-0.2, 0) is 10.2 Å². The van der Waals surface area contributed by atoms with Gasteiger partial charge in [0, 0.05) is 10.6 Å². The topological polar surface area (TPSA) is 50.7 Å². The molecule has 0 spiro atoms. The first-order valence-electron chi connectivity index (χ1n) is 7.66. The molecular weight excluding hydrogens is 324 g/mol. The van der Waals surface area contributed by atoms with Crippen molar-refractivity contribution in [1.82, 2.24) is 5.43 Å². The van der Waals surface area contributed by atoms with Gasteiger partial charge in [0.1, 0.15) is 5.75 Å². The van der Waals surface area contributed by atoms with Crippen LogP contribution in [0.3, 0.4) is 0 Å². The highest BCUT2D eigenvalue weighted by Gasteiger charge is 2.18. The molecule has 0 fully saturated rings. The van der Waals surface area contributed by atoms with Crippen LogP contribution in [0.4, 0.5) is 0 Å². The van der Waals surface area contributed by atoms with E-state index in [1.807, 2.05) is 42.5 Å². The summed E-state index contributed by atoms with van der Waals surface area (Å²) < 4.78 is 5.64. The van der Waals surface area contributed by atoms with Crippen molar-refractivity contribution in [3.63, 3.8) is 0 Å². The molecule has 126 valence electrons. The summed E-state index contributed by atoms with van der Waals surface area (Å²) in [5.74, 6) is 0.372. The average Bonchev–Trinajstić information content (AvgIpc) is 2.54. The number of hydrazone groups is 1. The number of nitrogens with zero attached hydrogens (tertiary/aromatic N) is 1. The van der Waals surface area contributed by atoms with Crippen molar-refractivity contribution in [2.75, 3.05) is 6.61 Å². The summed E-state index contributed by atoms with van der Waals surface area (Å²) in [5.41, 5.74) is 4.16. The first-order valence-corrected chi connectivity index (χ1v) is 8.04. The fourth-order valence-electron chi connectivity index (χ4n) is 2.14. The van der Waals surface area contributed by atoms with Crippen molar-refractivity contribution in [1.29, 1.82) is 0 Å². The monoisotopic (exact) mass is 344 g/mol. The molecule has 0 saturated carbocycles. The van der Waals surface area contributed by atoms with Gasteiger partial charge in [-0.05, 0) is 23.1 Å². The predicted molar refractivity (Wildman–Crippen MR) is 97.8 cm³/mol. The normalized spacial score (nSPS) is 11.5. The Morgan fingerprint density at radius 1 is 1.17 bits per heavy atom. The third-order valence-corrected chi connectivity index (χ3v) is 3.70. The largest absolute Gasteiger partial charge is 0.483 e. The van der Waals surface area contributed by atoms with E-state index in [-0.39, 0.29) is 17.9 Å². The maximum absolute atomic E-state index is 11.9. The second kappa shape index (κ2) is 7.97. The molecule has 0 saturated heterocycles. The lowest BCUT2D eigenvalue weighted by atomic mass is 9.86. The number of benzene rings is 2. The van der Waals surface area contributed by atoms with Crippen molar-refractivity contribution in [3.05, 3.63) is 64.7 Å². The van der Waals surface area contributed by atoms with Gasteiger partial charge in [-0.2, -0.15) is 5.10 Å². The minimum absolute atomic E-state index is 0.0602. The molecule has 1 N–H and O–H groups in total. The smallest absolute Gasteiger partial charge is 0.277 e. The Kier molecular flexibility index (Phi) is 5.99. The SMILES string of the molecule is CC(C)(C)c1ccccc1OCC(=O)NN=Cc1ccccc1Cl. The molecule has 0 aliphatic heterocycles. The van der Waals surface area contributed by atoms with Crippen molar-refractivity contribution in [2.24, 2.45) is 5.10 Å². The van der Waals surface area contributed by atoms with Gasteiger partial charge in [-0.15, -0.1) is 0 Å². The van der Waals surface area contributed by atoms with E-state index in [1.165, 1.54) is 6.21 Å². The lowest BCUT2D eigenvalue weighted by molar-refractivity contribution is -0.123. The summed E-state index contributed by atoms with van der Waals surface area (Å²) in [6.45, 7) is 6.20. The zero-order valence-electron chi connectivity index (χ0n) is 14.0. The van der Waals surface area contributed by atoms with Gasteiger partial charge in [-0.3, -0.25) is 4.79 Å². The number of carbonyl (C=O) groups excluding carboxylic acids is 1. The van der Waals surface area contributed by atoms with Crippen molar-refractivity contribution in [2.45, 2.75) is 26.2 Å². The van der Waals surface area contributed by atoms with E-state index in [9.17, 15) is 4.79 Å². The van der Waals surface area contributed by atoms with E-state index in [0.29, 0.717) is 10.8 Å². The highest BCUT2D eigenvalue weighted by atomic mass is 35.5. The van der Waals surface area contributed by atoms with Crippen LogP contribution in [0.1, 0.15) is 31.9 Å². The fourth-order valence-corrected chi connectivity index (χ4v) is 2.33. The summed E-state index contributed by atoms with van der Waals surface area (Å²) in [7, 11) is 0. The Morgan fingerprint density at radius 2 is 1.83 bits per heavy atom. The second-order valence-corrected chi connectivity index (χ2v) is 6.76. The highest BCUT2D eigenvalue weighted by Crippen LogP contribution is 2.30. The molecular formula is C19H21ClN2O2. The standard InChI is InChI=1S/C19H21ClN2O2/c1-19(2,3)15-9-5-7-11-17(15)24-13-18(23)22-21-12-14-8-4-6-10-16(14)20/h4-12H,13H2,1-3H3,(H,22,23). The molecule has 2 rings (SSSR count). The van der Waals surface area contributed by atoms with E-state index in [2.05, 4.69) is 31.3 Å².